The van der Waals surface area contributed by atoms with Gasteiger partial charge in [0.25, 0.3) is 0 Å². The highest BCUT2D eigenvalue weighted by molar-refractivity contribution is 5.85. The second kappa shape index (κ2) is 14.4. The summed E-state index contributed by atoms with van der Waals surface area (Å²) in [7, 11) is 0. The number of esters is 1. The van der Waals surface area contributed by atoms with Crippen molar-refractivity contribution in [1.82, 2.24) is 5.32 Å². The Kier molecular flexibility index (Phi) is 13.6. The fourth-order valence-electron chi connectivity index (χ4n) is 3.38. The van der Waals surface area contributed by atoms with Gasteiger partial charge in [0.1, 0.15) is 12.6 Å². The summed E-state index contributed by atoms with van der Waals surface area (Å²) in [6.45, 7) is 10.4. The second-order valence-corrected chi connectivity index (χ2v) is 8.71. The van der Waals surface area contributed by atoms with Gasteiger partial charge in [0.2, 0.25) is 11.8 Å². The van der Waals surface area contributed by atoms with Gasteiger partial charge in [-0.25, -0.2) is 0 Å². The molecule has 2 unspecified atom stereocenters. The third kappa shape index (κ3) is 12.5. The van der Waals surface area contributed by atoms with Crippen molar-refractivity contribution in [2.75, 3.05) is 6.61 Å². The highest BCUT2D eigenvalue weighted by Crippen LogP contribution is 2.18. The molecule has 29 heavy (non-hydrogen) atoms. The Hall–Kier alpha value is -1.63. The summed E-state index contributed by atoms with van der Waals surface area (Å²) in [5.74, 6) is -0.636. The van der Waals surface area contributed by atoms with E-state index in [9.17, 15) is 14.4 Å². The van der Waals surface area contributed by atoms with Crippen LogP contribution in [0, 0.1) is 11.8 Å². The molecule has 0 radical (unpaired) electrons. The zero-order valence-corrected chi connectivity index (χ0v) is 19.1. The summed E-state index contributed by atoms with van der Waals surface area (Å²) in [5.41, 5.74) is 10.2. The van der Waals surface area contributed by atoms with E-state index in [2.05, 4.69) is 26.1 Å². The molecule has 0 spiro atoms. The van der Waals surface area contributed by atoms with Crippen LogP contribution in [0.1, 0.15) is 92.4 Å². The third-order valence-electron chi connectivity index (χ3n) is 5.33. The lowest BCUT2D eigenvalue weighted by Gasteiger charge is -2.29. The van der Waals surface area contributed by atoms with Gasteiger partial charge in [0.15, 0.2) is 0 Å². The topological polar surface area (TPSA) is 125 Å². The van der Waals surface area contributed by atoms with Gasteiger partial charge in [-0.2, -0.15) is 0 Å². The first-order chi connectivity index (χ1) is 13.6. The van der Waals surface area contributed by atoms with E-state index in [0.29, 0.717) is 25.7 Å². The fourth-order valence-corrected chi connectivity index (χ4v) is 3.38. The molecule has 1 aliphatic heterocycles. The normalized spacial score (nSPS) is 23.0. The number of primary amides is 1. The average Bonchev–Trinajstić information content (AvgIpc) is 2.65. The van der Waals surface area contributed by atoms with Gasteiger partial charge < -0.3 is 21.5 Å². The molecule has 5 N–H and O–H groups in total. The van der Waals surface area contributed by atoms with E-state index in [1.165, 1.54) is 25.7 Å². The van der Waals surface area contributed by atoms with Crippen LogP contribution in [0.4, 0.5) is 0 Å². The fraction of sp³-hybridized carbons (Fsp3) is 0.864. The van der Waals surface area contributed by atoms with Gasteiger partial charge in [-0.3, -0.25) is 14.4 Å². The van der Waals surface area contributed by atoms with Crippen molar-refractivity contribution in [3.63, 3.8) is 0 Å². The van der Waals surface area contributed by atoms with Crippen LogP contribution in [0.25, 0.3) is 0 Å². The van der Waals surface area contributed by atoms with E-state index >= 15 is 0 Å². The lowest BCUT2D eigenvalue weighted by atomic mass is 9.94. The maximum absolute atomic E-state index is 12.2. The summed E-state index contributed by atoms with van der Waals surface area (Å²) < 4.78 is 5.14. The van der Waals surface area contributed by atoms with Crippen LogP contribution in [0.2, 0.25) is 0 Å². The highest BCUT2D eigenvalue weighted by Gasteiger charge is 2.29. The number of hydrogen-bond donors (Lipinski definition) is 3. The Morgan fingerprint density at radius 1 is 1.17 bits per heavy atom. The molecule has 0 aromatic rings. The Labute approximate surface area is 176 Å². The van der Waals surface area contributed by atoms with Crippen LogP contribution in [0.15, 0.2) is 0 Å². The van der Waals surface area contributed by atoms with Crippen LogP contribution < -0.4 is 16.8 Å². The van der Waals surface area contributed by atoms with Crippen molar-refractivity contribution in [1.29, 1.82) is 0 Å². The Morgan fingerprint density at radius 3 is 2.24 bits per heavy atom. The first-order valence-corrected chi connectivity index (χ1v) is 11.1. The molecule has 7 heteroatoms. The minimum absolute atomic E-state index is 0.0216. The van der Waals surface area contributed by atoms with E-state index in [0.717, 1.165) is 5.92 Å². The van der Waals surface area contributed by atoms with E-state index < -0.39 is 29.4 Å². The summed E-state index contributed by atoms with van der Waals surface area (Å²) in [5, 5.41) is 2.80. The molecule has 0 bridgehead atoms. The first kappa shape index (κ1) is 27.4. The summed E-state index contributed by atoms with van der Waals surface area (Å²) in [6, 6.07) is -0.648. The van der Waals surface area contributed by atoms with Crippen LogP contribution in [0.5, 0.6) is 0 Å². The molecule has 2 amide bonds. The van der Waals surface area contributed by atoms with Gasteiger partial charge >= 0.3 is 5.97 Å². The Morgan fingerprint density at radius 2 is 1.76 bits per heavy atom. The molecule has 1 heterocycles. The first-order valence-electron chi connectivity index (χ1n) is 11.1. The van der Waals surface area contributed by atoms with Crippen LogP contribution >= 0.6 is 0 Å². The molecular weight excluding hydrogens is 370 g/mol. The molecule has 1 fully saturated rings. The number of ether oxygens (including phenoxy) is 1. The number of carbonyl (C=O) groups is 3. The SMILES string of the molecule is CC1(C)COC(=O)C(N)CCCCC(CC(N)=O)C(=O)N1.CCCC(CC)CC. The summed E-state index contributed by atoms with van der Waals surface area (Å²) in [6.07, 6.45) is 7.98. The van der Waals surface area contributed by atoms with Crippen LogP contribution in [0.3, 0.4) is 0 Å². The lowest BCUT2D eigenvalue weighted by molar-refractivity contribution is -0.148. The number of hydrogen-bond acceptors (Lipinski definition) is 5. The lowest BCUT2D eigenvalue weighted by Crippen LogP contribution is -2.51. The van der Waals surface area contributed by atoms with Crippen LogP contribution in [-0.2, 0) is 19.1 Å². The van der Waals surface area contributed by atoms with Crippen molar-refractivity contribution < 1.29 is 19.1 Å². The highest BCUT2D eigenvalue weighted by atomic mass is 16.5. The smallest absolute Gasteiger partial charge is 0.322 e. The summed E-state index contributed by atoms with van der Waals surface area (Å²) >= 11 is 0. The van der Waals surface area contributed by atoms with E-state index in [1.807, 2.05) is 0 Å². The predicted octanol–water partition coefficient (Wildman–Crippen LogP) is 3.04. The summed E-state index contributed by atoms with van der Waals surface area (Å²) in [4.78, 5) is 35.0. The minimum atomic E-state index is -0.721. The average molecular weight is 414 g/mol. The molecule has 1 saturated heterocycles. The van der Waals surface area contributed by atoms with Gasteiger partial charge in [-0.05, 0) is 32.6 Å². The van der Waals surface area contributed by atoms with Gasteiger partial charge in [-0.1, -0.05) is 59.3 Å². The number of carbonyl (C=O) groups excluding carboxylic acids is 3. The van der Waals surface area contributed by atoms with Crippen molar-refractivity contribution in [3.8, 4) is 0 Å². The van der Waals surface area contributed by atoms with Gasteiger partial charge in [0.05, 0.1) is 5.54 Å². The Balaban J connectivity index is 0.000000828. The van der Waals surface area contributed by atoms with Gasteiger partial charge in [0, 0.05) is 12.3 Å². The number of nitrogens with two attached hydrogens (primary N) is 2. The zero-order chi connectivity index (χ0) is 22.4. The molecule has 170 valence electrons. The van der Waals surface area contributed by atoms with Crippen molar-refractivity contribution in [2.24, 2.45) is 23.3 Å². The maximum Gasteiger partial charge on any atom is 0.322 e. The van der Waals surface area contributed by atoms with Crippen molar-refractivity contribution >= 4 is 17.8 Å². The quantitative estimate of drug-likeness (QED) is 0.577. The molecule has 1 aliphatic rings. The predicted molar refractivity (Wildman–Crippen MR) is 116 cm³/mol. The van der Waals surface area contributed by atoms with E-state index in [-0.39, 0.29) is 18.9 Å². The molecule has 0 aliphatic carbocycles. The van der Waals surface area contributed by atoms with Crippen molar-refractivity contribution in [3.05, 3.63) is 0 Å². The molecule has 7 nitrogen and oxygen atoms in total. The molecule has 1 rings (SSSR count). The molecule has 0 aromatic carbocycles. The maximum atomic E-state index is 12.2. The molecular formula is C22H43N3O4. The minimum Gasteiger partial charge on any atom is -0.462 e. The standard InChI is InChI=1S/C14H25N3O4.C8H18/c1-14(2)8-21-13(20)10(15)6-4-3-5-9(7-11(16)18)12(19)17-14;1-4-7-8(5-2)6-3/h9-10H,3-8,15H2,1-2H3,(H2,16,18)(H,17,19);8H,4-7H2,1-3H3. The van der Waals surface area contributed by atoms with Crippen LogP contribution in [-0.4, -0.2) is 36.0 Å². The molecule has 0 aromatic heterocycles. The number of rotatable bonds is 6. The third-order valence-corrected chi connectivity index (χ3v) is 5.33. The van der Waals surface area contributed by atoms with E-state index in [4.69, 9.17) is 16.2 Å². The number of cyclic esters (lactones) is 1. The zero-order valence-electron chi connectivity index (χ0n) is 19.1. The second-order valence-electron chi connectivity index (χ2n) is 8.71. The largest absolute Gasteiger partial charge is 0.462 e. The monoisotopic (exact) mass is 413 g/mol. The van der Waals surface area contributed by atoms with E-state index in [1.54, 1.807) is 13.8 Å². The Bertz CT molecular complexity index is 504. The van der Waals surface area contributed by atoms with Gasteiger partial charge in [-0.15, -0.1) is 0 Å². The number of nitrogens with one attached hydrogen (secondary N) is 1. The number of amides is 2. The molecule has 2 atom stereocenters. The molecule has 0 saturated carbocycles. The van der Waals surface area contributed by atoms with Crippen molar-refractivity contribution in [2.45, 2.75) is 104 Å².